The second kappa shape index (κ2) is 6.62. The molecule has 7 heteroatoms. The SMILES string of the molecule is COCCNS(=O)(=O)c1ccc2c(c1)CCN(C(=O)[C@@H]1CC13CCC3)C2. The van der Waals surface area contributed by atoms with Gasteiger partial charge in [0.05, 0.1) is 11.5 Å². The predicted molar refractivity (Wildman–Crippen MR) is 97.0 cm³/mol. The van der Waals surface area contributed by atoms with E-state index in [0.717, 1.165) is 17.5 Å². The maximum Gasteiger partial charge on any atom is 0.240 e. The van der Waals surface area contributed by atoms with Crippen molar-refractivity contribution < 1.29 is 17.9 Å². The van der Waals surface area contributed by atoms with E-state index >= 15 is 0 Å². The number of sulfonamides is 1. The first-order valence-electron chi connectivity index (χ1n) is 9.34. The highest BCUT2D eigenvalue weighted by atomic mass is 32.2. The van der Waals surface area contributed by atoms with Crippen LogP contribution in [0.25, 0.3) is 0 Å². The number of hydrogen-bond acceptors (Lipinski definition) is 4. The number of benzene rings is 1. The molecule has 1 N–H and O–H groups in total. The van der Waals surface area contributed by atoms with Gasteiger partial charge >= 0.3 is 0 Å². The van der Waals surface area contributed by atoms with Crippen LogP contribution in [0.5, 0.6) is 0 Å². The van der Waals surface area contributed by atoms with Crippen LogP contribution in [0.1, 0.15) is 36.8 Å². The second-order valence-corrected chi connectivity index (χ2v) is 9.57. The van der Waals surface area contributed by atoms with Crippen LogP contribution < -0.4 is 4.72 Å². The number of carbonyl (C=O) groups is 1. The fraction of sp³-hybridized carbons (Fsp3) is 0.632. The van der Waals surface area contributed by atoms with Gasteiger partial charge in [-0.2, -0.15) is 0 Å². The first-order valence-corrected chi connectivity index (χ1v) is 10.8. The molecule has 0 unspecified atom stereocenters. The fourth-order valence-electron chi connectivity index (χ4n) is 4.35. The molecule has 0 bridgehead atoms. The van der Waals surface area contributed by atoms with E-state index in [0.29, 0.717) is 37.4 Å². The Morgan fingerprint density at radius 1 is 1.35 bits per heavy atom. The minimum absolute atomic E-state index is 0.238. The van der Waals surface area contributed by atoms with Gasteiger partial charge in [0, 0.05) is 32.7 Å². The summed E-state index contributed by atoms with van der Waals surface area (Å²) in [5.41, 5.74) is 2.44. The summed E-state index contributed by atoms with van der Waals surface area (Å²) in [5.74, 6) is 0.538. The van der Waals surface area contributed by atoms with Crippen molar-refractivity contribution >= 4 is 15.9 Å². The smallest absolute Gasteiger partial charge is 0.240 e. The van der Waals surface area contributed by atoms with Crippen molar-refractivity contribution in [3.8, 4) is 0 Å². The number of carbonyl (C=O) groups excluding carboxylic acids is 1. The van der Waals surface area contributed by atoms with Crippen molar-refractivity contribution in [2.45, 2.75) is 43.5 Å². The van der Waals surface area contributed by atoms with Crippen molar-refractivity contribution in [3.63, 3.8) is 0 Å². The Bertz CT molecular complexity index is 817. The van der Waals surface area contributed by atoms with Gasteiger partial charge in [0.1, 0.15) is 0 Å². The number of hydrogen-bond donors (Lipinski definition) is 1. The summed E-state index contributed by atoms with van der Waals surface area (Å²) >= 11 is 0. The Hall–Kier alpha value is -1.44. The van der Waals surface area contributed by atoms with Crippen molar-refractivity contribution in [1.29, 1.82) is 0 Å². The molecule has 0 aromatic heterocycles. The standard InChI is InChI=1S/C19H26N2O4S/c1-25-10-8-20-26(23,24)16-4-3-15-13-21(9-5-14(15)11-16)18(22)17-12-19(17)6-2-7-19/h3-4,11,17,20H,2,5-10,12-13H2,1H3/t17-/m0/s1. The largest absolute Gasteiger partial charge is 0.383 e. The summed E-state index contributed by atoms with van der Waals surface area (Å²) in [5, 5.41) is 0. The zero-order valence-corrected chi connectivity index (χ0v) is 16.0. The van der Waals surface area contributed by atoms with Crippen LogP contribution in [0.2, 0.25) is 0 Å². The van der Waals surface area contributed by atoms with Gasteiger partial charge < -0.3 is 9.64 Å². The molecule has 1 aromatic carbocycles. The normalized spacial score (nSPS) is 23.4. The van der Waals surface area contributed by atoms with Gasteiger partial charge in [-0.05, 0) is 54.4 Å². The number of amides is 1. The molecule has 1 amide bonds. The highest BCUT2D eigenvalue weighted by molar-refractivity contribution is 7.89. The summed E-state index contributed by atoms with van der Waals surface area (Å²) < 4.78 is 32.1. The van der Waals surface area contributed by atoms with Crippen LogP contribution in [0.15, 0.2) is 23.1 Å². The fourth-order valence-corrected chi connectivity index (χ4v) is 5.41. The molecule has 142 valence electrons. The lowest BCUT2D eigenvalue weighted by Gasteiger charge is -2.32. The molecule has 1 aliphatic heterocycles. The third-order valence-corrected chi connectivity index (χ3v) is 7.71. The summed E-state index contributed by atoms with van der Waals surface area (Å²) in [6.45, 7) is 1.86. The van der Waals surface area contributed by atoms with E-state index in [1.807, 2.05) is 11.0 Å². The monoisotopic (exact) mass is 378 g/mol. The van der Waals surface area contributed by atoms with Gasteiger partial charge in [0.15, 0.2) is 0 Å². The molecule has 3 aliphatic rings. The molecule has 4 rings (SSSR count). The lowest BCUT2D eigenvalue weighted by molar-refractivity contribution is -0.134. The predicted octanol–water partition coefficient (Wildman–Crippen LogP) is 1.69. The molecule has 2 saturated carbocycles. The summed E-state index contributed by atoms with van der Waals surface area (Å²) in [7, 11) is -1.98. The lowest BCUT2D eigenvalue weighted by Crippen LogP contribution is -2.38. The zero-order chi connectivity index (χ0) is 18.4. The van der Waals surface area contributed by atoms with Crippen LogP contribution >= 0.6 is 0 Å². The molecular formula is C19H26N2O4S. The van der Waals surface area contributed by atoms with E-state index in [9.17, 15) is 13.2 Å². The van der Waals surface area contributed by atoms with Crippen molar-refractivity contribution in [1.82, 2.24) is 9.62 Å². The van der Waals surface area contributed by atoms with Crippen LogP contribution in [-0.2, 0) is 32.5 Å². The van der Waals surface area contributed by atoms with Gasteiger partial charge in [0.2, 0.25) is 15.9 Å². The van der Waals surface area contributed by atoms with Crippen molar-refractivity contribution in [3.05, 3.63) is 29.3 Å². The maximum absolute atomic E-state index is 12.8. The number of methoxy groups -OCH3 is 1. The Balaban J connectivity index is 1.43. The van der Waals surface area contributed by atoms with E-state index < -0.39 is 10.0 Å². The van der Waals surface area contributed by atoms with Gasteiger partial charge in [0.25, 0.3) is 0 Å². The Labute approximate surface area is 155 Å². The number of rotatable bonds is 6. The topological polar surface area (TPSA) is 75.7 Å². The summed E-state index contributed by atoms with van der Waals surface area (Å²) in [4.78, 5) is 15.0. The molecule has 6 nitrogen and oxygen atoms in total. The molecule has 1 spiro atoms. The lowest BCUT2D eigenvalue weighted by atomic mass is 9.79. The van der Waals surface area contributed by atoms with E-state index in [-0.39, 0.29) is 17.4 Å². The van der Waals surface area contributed by atoms with Gasteiger partial charge in [-0.1, -0.05) is 12.5 Å². The van der Waals surface area contributed by atoms with Crippen LogP contribution in [-0.4, -0.2) is 46.0 Å². The number of nitrogens with one attached hydrogen (secondary N) is 1. The van der Waals surface area contributed by atoms with Gasteiger partial charge in [-0.15, -0.1) is 0 Å². The van der Waals surface area contributed by atoms with Gasteiger partial charge in [-0.3, -0.25) is 4.79 Å². The molecule has 26 heavy (non-hydrogen) atoms. The maximum atomic E-state index is 12.8. The average molecular weight is 378 g/mol. The minimum Gasteiger partial charge on any atom is -0.383 e. The average Bonchev–Trinajstić information content (AvgIpc) is 3.37. The van der Waals surface area contributed by atoms with Crippen molar-refractivity contribution in [2.75, 3.05) is 26.8 Å². The molecule has 1 aromatic rings. The highest BCUT2D eigenvalue weighted by Crippen LogP contribution is 2.66. The molecular weight excluding hydrogens is 352 g/mol. The number of nitrogens with zero attached hydrogens (tertiary/aromatic N) is 1. The minimum atomic E-state index is -3.52. The van der Waals surface area contributed by atoms with E-state index in [2.05, 4.69) is 4.72 Å². The third-order valence-electron chi connectivity index (χ3n) is 6.25. The van der Waals surface area contributed by atoms with E-state index in [1.165, 1.54) is 26.4 Å². The first kappa shape index (κ1) is 17.9. The molecule has 2 fully saturated rings. The van der Waals surface area contributed by atoms with E-state index in [4.69, 9.17) is 4.74 Å². The van der Waals surface area contributed by atoms with Crippen LogP contribution in [0, 0.1) is 11.3 Å². The molecule has 0 saturated heterocycles. The molecule has 1 atom stereocenters. The highest BCUT2D eigenvalue weighted by Gasteiger charge is 2.61. The van der Waals surface area contributed by atoms with Crippen molar-refractivity contribution in [2.24, 2.45) is 11.3 Å². The number of fused-ring (bicyclic) bond motifs is 1. The zero-order valence-electron chi connectivity index (χ0n) is 15.2. The second-order valence-electron chi connectivity index (χ2n) is 7.80. The van der Waals surface area contributed by atoms with Crippen LogP contribution in [0.4, 0.5) is 0 Å². The quantitative estimate of drug-likeness (QED) is 0.765. The third kappa shape index (κ3) is 3.17. The Morgan fingerprint density at radius 3 is 2.81 bits per heavy atom. The Kier molecular flexibility index (Phi) is 4.57. The summed E-state index contributed by atoms with van der Waals surface area (Å²) in [6.07, 6.45) is 5.47. The number of ether oxygens (including phenoxy) is 1. The Morgan fingerprint density at radius 2 is 2.15 bits per heavy atom. The first-order chi connectivity index (χ1) is 12.5. The molecule has 0 radical (unpaired) electrons. The molecule has 2 aliphatic carbocycles. The van der Waals surface area contributed by atoms with Crippen LogP contribution in [0.3, 0.4) is 0 Å². The van der Waals surface area contributed by atoms with Gasteiger partial charge in [-0.25, -0.2) is 13.1 Å². The summed E-state index contributed by atoms with van der Waals surface area (Å²) in [6, 6.07) is 5.23. The van der Waals surface area contributed by atoms with E-state index in [1.54, 1.807) is 12.1 Å². The molecule has 1 heterocycles.